The molecule has 1 aliphatic rings. The van der Waals surface area contributed by atoms with Crippen molar-refractivity contribution >= 4 is 23.1 Å². The van der Waals surface area contributed by atoms with Crippen molar-refractivity contribution in [2.24, 2.45) is 5.73 Å². The van der Waals surface area contributed by atoms with Gasteiger partial charge in [0, 0.05) is 30.9 Å². The Morgan fingerprint density at radius 2 is 2.19 bits per heavy atom. The quantitative estimate of drug-likeness (QED) is 0.798. The van der Waals surface area contributed by atoms with Gasteiger partial charge in [0.05, 0.1) is 0 Å². The summed E-state index contributed by atoms with van der Waals surface area (Å²) in [4.78, 5) is 11.7. The third-order valence-corrected chi connectivity index (χ3v) is 3.38. The molecule has 1 heterocycles. The molecule has 0 radical (unpaired) electrons. The molecule has 1 amide bonds. The Labute approximate surface area is 127 Å². The number of benzene rings is 1. The van der Waals surface area contributed by atoms with Crippen molar-refractivity contribution in [3.63, 3.8) is 0 Å². The first kappa shape index (κ1) is 15.7. The lowest BCUT2D eigenvalue weighted by atomic mass is 10.1. The molecule has 0 aromatic heterocycles. The zero-order valence-corrected chi connectivity index (χ0v) is 12.2. The van der Waals surface area contributed by atoms with Crippen LogP contribution in [0.1, 0.15) is 18.4 Å². The summed E-state index contributed by atoms with van der Waals surface area (Å²) in [5.41, 5.74) is 5.52. The van der Waals surface area contributed by atoms with Gasteiger partial charge in [0.1, 0.15) is 16.6 Å². The SMILES string of the molecule is NC(=S)c1ccc(OCC(=O)NC2CCOCC2)cc1F. The van der Waals surface area contributed by atoms with Gasteiger partial charge >= 0.3 is 0 Å². The third kappa shape index (κ3) is 4.64. The van der Waals surface area contributed by atoms with Gasteiger partial charge in [0.2, 0.25) is 0 Å². The van der Waals surface area contributed by atoms with Gasteiger partial charge in [-0.15, -0.1) is 0 Å². The maximum Gasteiger partial charge on any atom is 0.258 e. The van der Waals surface area contributed by atoms with Crippen LogP contribution in [0.25, 0.3) is 0 Å². The van der Waals surface area contributed by atoms with Crippen molar-refractivity contribution in [1.29, 1.82) is 0 Å². The number of hydrogen-bond donors (Lipinski definition) is 2. The van der Waals surface area contributed by atoms with E-state index >= 15 is 0 Å². The van der Waals surface area contributed by atoms with E-state index in [-0.39, 0.29) is 34.9 Å². The average molecular weight is 312 g/mol. The molecule has 1 aliphatic heterocycles. The summed E-state index contributed by atoms with van der Waals surface area (Å²) < 4.78 is 24.1. The number of carbonyl (C=O) groups excluding carboxylic acids is 1. The van der Waals surface area contributed by atoms with Gasteiger partial charge in [-0.05, 0) is 25.0 Å². The van der Waals surface area contributed by atoms with Crippen LogP contribution in [-0.2, 0) is 9.53 Å². The van der Waals surface area contributed by atoms with Crippen LogP contribution in [-0.4, -0.2) is 36.8 Å². The fourth-order valence-electron chi connectivity index (χ4n) is 2.05. The predicted octanol–water partition coefficient (Wildman–Crippen LogP) is 1.13. The molecule has 0 aliphatic carbocycles. The number of ether oxygens (including phenoxy) is 2. The standard InChI is InChI=1S/C14H17FN2O3S/c15-12-7-10(1-2-11(12)14(16)21)20-8-13(18)17-9-3-5-19-6-4-9/h1-2,7,9H,3-6,8H2,(H2,16,21)(H,17,18). The number of nitrogens with two attached hydrogens (primary N) is 1. The number of carbonyl (C=O) groups is 1. The Morgan fingerprint density at radius 3 is 2.81 bits per heavy atom. The minimum absolute atomic E-state index is 0.0173. The van der Waals surface area contributed by atoms with Crippen molar-refractivity contribution in [3.8, 4) is 5.75 Å². The van der Waals surface area contributed by atoms with Gasteiger partial charge in [-0.25, -0.2) is 4.39 Å². The number of amides is 1. The number of halogens is 1. The molecule has 1 aromatic rings. The van der Waals surface area contributed by atoms with Gasteiger partial charge in [-0.3, -0.25) is 4.79 Å². The lowest BCUT2D eigenvalue weighted by Gasteiger charge is -2.23. The summed E-state index contributed by atoms with van der Waals surface area (Å²) in [7, 11) is 0. The zero-order valence-electron chi connectivity index (χ0n) is 11.4. The Hall–Kier alpha value is -1.73. The largest absolute Gasteiger partial charge is 0.484 e. The first-order chi connectivity index (χ1) is 10.1. The second-order valence-electron chi connectivity index (χ2n) is 4.75. The highest BCUT2D eigenvalue weighted by Crippen LogP contribution is 2.16. The molecule has 7 heteroatoms. The van der Waals surface area contributed by atoms with E-state index in [4.69, 9.17) is 27.4 Å². The molecule has 1 fully saturated rings. The lowest BCUT2D eigenvalue weighted by molar-refractivity contribution is -0.124. The summed E-state index contributed by atoms with van der Waals surface area (Å²) >= 11 is 4.71. The van der Waals surface area contributed by atoms with E-state index in [0.717, 1.165) is 18.9 Å². The predicted molar refractivity (Wildman–Crippen MR) is 79.8 cm³/mol. The smallest absolute Gasteiger partial charge is 0.258 e. The fourth-order valence-corrected chi connectivity index (χ4v) is 2.21. The van der Waals surface area contributed by atoms with Crippen LogP contribution in [0.5, 0.6) is 5.75 Å². The highest BCUT2D eigenvalue weighted by Gasteiger charge is 2.16. The highest BCUT2D eigenvalue weighted by molar-refractivity contribution is 7.80. The van der Waals surface area contributed by atoms with Gasteiger partial charge in [0.15, 0.2) is 6.61 Å². The van der Waals surface area contributed by atoms with Crippen molar-refractivity contribution in [1.82, 2.24) is 5.32 Å². The molecule has 114 valence electrons. The molecular weight excluding hydrogens is 295 g/mol. The Bertz CT molecular complexity index is 533. The number of nitrogens with one attached hydrogen (secondary N) is 1. The van der Waals surface area contributed by atoms with Crippen LogP contribution in [0.4, 0.5) is 4.39 Å². The molecule has 5 nitrogen and oxygen atoms in total. The summed E-state index contributed by atoms with van der Waals surface area (Å²) in [5, 5.41) is 2.85. The molecule has 0 saturated carbocycles. The molecular formula is C14H17FN2O3S. The summed E-state index contributed by atoms with van der Waals surface area (Å²) in [6.45, 7) is 1.14. The number of rotatable bonds is 5. The molecule has 0 atom stereocenters. The van der Waals surface area contributed by atoms with Crippen LogP contribution in [0.3, 0.4) is 0 Å². The van der Waals surface area contributed by atoms with Crippen molar-refractivity contribution in [2.75, 3.05) is 19.8 Å². The molecule has 1 saturated heterocycles. The molecule has 0 spiro atoms. The van der Waals surface area contributed by atoms with Gasteiger partial charge < -0.3 is 20.5 Å². The Balaban J connectivity index is 1.83. The normalized spacial score (nSPS) is 15.5. The Kier molecular flexibility index (Phi) is 5.46. The van der Waals surface area contributed by atoms with E-state index in [1.165, 1.54) is 12.1 Å². The fraction of sp³-hybridized carbons (Fsp3) is 0.429. The van der Waals surface area contributed by atoms with Crippen LogP contribution >= 0.6 is 12.2 Å². The van der Waals surface area contributed by atoms with E-state index in [1.807, 2.05) is 0 Å². The van der Waals surface area contributed by atoms with Gasteiger partial charge in [0.25, 0.3) is 5.91 Å². The zero-order chi connectivity index (χ0) is 15.2. The summed E-state index contributed by atoms with van der Waals surface area (Å²) in [6, 6.07) is 4.24. The summed E-state index contributed by atoms with van der Waals surface area (Å²) in [6.07, 6.45) is 1.59. The minimum atomic E-state index is -0.565. The topological polar surface area (TPSA) is 73.6 Å². The monoisotopic (exact) mass is 312 g/mol. The van der Waals surface area contributed by atoms with Crippen molar-refractivity contribution in [3.05, 3.63) is 29.6 Å². The van der Waals surface area contributed by atoms with E-state index in [9.17, 15) is 9.18 Å². The van der Waals surface area contributed by atoms with Gasteiger partial charge in [-0.1, -0.05) is 12.2 Å². The van der Waals surface area contributed by atoms with Crippen LogP contribution in [0.15, 0.2) is 18.2 Å². The van der Waals surface area contributed by atoms with E-state index in [0.29, 0.717) is 13.2 Å². The van der Waals surface area contributed by atoms with Gasteiger partial charge in [-0.2, -0.15) is 0 Å². The summed E-state index contributed by atoms with van der Waals surface area (Å²) in [5.74, 6) is -0.541. The second-order valence-corrected chi connectivity index (χ2v) is 5.19. The first-order valence-electron chi connectivity index (χ1n) is 6.65. The Morgan fingerprint density at radius 1 is 1.48 bits per heavy atom. The van der Waals surface area contributed by atoms with E-state index < -0.39 is 5.82 Å². The first-order valence-corrected chi connectivity index (χ1v) is 7.06. The maximum atomic E-state index is 13.6. The van der Waals surface area contributed by atoms with Crippen molar-refractivity contribution in [2.45, 2.75) is 18.9 Å². The minimum Gasteiger partial charge on any atom is -0.484 e. The molecule has 3 N–H and O–H groups in total. The van der Waals surface area contributed by atoms with Crippen LogP contribution in [0.2, 0.25) is 0 Å². The molecule has 2 rings (SSSR count). The maximum absolute atomic E-state index is 13.6. The second kappa shape index (κ2) is 7.33. The lowest BCUT2D eigenvalue weighted by Crippen LogP contribution is -2.41. The van der Waals surface area contributed by atoms with Crippen LogP contribution in [0, 0.1) is 5.82 Å². The molecule has 1 aromatic carbocycles. The van der Waals surface area contributed by atoms with Crippen LogP contribution < -0.4 is 15.8 Å². The third-order valence-electron chi connectivity index (χ3n) is 3.16. The highest BCUT2D eigenvalue weighted by atomic mass is 32.1. The number of hydrogen-bond acceptors (Lipinski definition) is 4. The molecule has 21 heavy (non-hydrogen) atoms. The molecule has 0 unspecified atom stereocenters. The molecule has 0 bridgehead atoms. The van der Waals surface area contributed by atoms with E-state index in [2.05, 4.69) is 5.32 Å². The van der Waals surface area contributed by atoms with E-state index in [1.54, 1.807) is 0 Å². The number of thiocarbonyl (C=S) groups is 1. The average Bonchev–Trinajstić information content (AvgIpc) is 2.46. The van der Waals surface area contributed by atoms with Crippen molar-refractivity contribution < 1.29 is 18.7 Å².